The van der Waals surface area contributed by atoms with Crippen LogP contribution >= 0.6 is 11.6 Å². The lowest BCUT2D eigenvalue weighted by molar-refractivity contribution is 0.0526. The van der Waals surface area contributed by atoms with Crippen LogP contribution in [-0.2, 0) is 4.74 Å². The van der Waals surface area contributed by atoms with Crippen LogP contribution in [0.2, 0.25) is 5.02 Å². The number of hydrogen-bond donors (Lipinski definition) is 0. The lowest BCUT2D eigenvalue weighted by atomic mass is 10.2. The summed E-state index contributed by atoms with van der Waals surface area (Å²) in [7, 11) is 0. The van der Waals surface area contributed by atoms with Crippen molar-refractivity contribution >= 4 is 17.6 Å². The Hall–Kier alpha value is -2.00. The Bertz CT molecular complexity index is 564. The molecule has 0 N–H and O–H groups in total. The molecule has 19 heavy (non-hydrogen) atoms. The minimum atomic E-state index is -0.336. The molecular formula is C15H13ClO3. The summed E-state index contributed by atoms with van der Waals surface area (Å²) in [5, 5.41) is 0.612. The third-order valence-corrected chi connectivity index (χ3v) is 2.63. The van der Waals surface area contributed by atoms with E-state index in [4.69, 9.17) is 21.1 Å². The van der Waals surface area contributed by atoms with Crippen LogP contribution in [0, 0.1) is 0 Å². The first-order chi connectivity index (χ1) is 9.19. The van der Waals surface area contributed by atoms with E-state index >= 15 is 0 Å². The van der Waals surface area contributed by atoms with Gasteiger partial charge in [0, 0.05) is 5.02 Å². The topological polar surface area (TPSA) is 35.5 Å². The van der Waals surface area contributed by atoms with Crippen molar-refractivity contribution in [3.63, 3.8) is 0 Å². The molecule has 0 bridgehead atoms. The number of ether oxygens (including phenoxy) is 2. The van der Waals surface area contributed by atoms with Crippen molar-refractivity contribution < 1.29 is 14.3 Å². The maximum Gasteiger partial charge on any atom is 0.338 e. The number of hydrogen-bond acceptors (Lipinski definition) is 3. The van der Waals surface area contributed by atoms with Crippen LogP contribution in [0.5, 0.6) is 11.5 Å². The van der Waals surface area contributed by atoms with E-state index in [0.717, 1.165) is 0 Å². The Morgan fingerprint density at radius 1 is 1.11 bits per heavy atom. The van der Waals surface area contributed by atoms with Crippen molar-refractivity contribution in [1.82, 2.24) is 0 Å². The number of halogens is 1. The molecule has 2 rings (SSSR count). The van der Waals surface area contributed by atoms with Crippen LogP contribution in [-0.4, -0.2) is 12.6 Å². The van der Waals surface area contributed by atoms with Crippen LogP contribution in [0.1, 0.15) is 17.3 Å². The molecule has 0 amide bonds. The average Bonchev–Trinajstić information content (AvgIpc) is 2.40. The van der Waals surface area contributed by atoms with Crippen molar-refractivity contribution in [3.05, 3.63) is 59.1 Å². The van der Waals surface area contributed by atoms with E-state index in [2.05, 4.69) is 0 Å². The van der Waals surface area contributed by atoms with E-state index in [1.807, 2.05) is 12.1 Å². The van der Waals surface area contributed by atoms with Crippen molar-refractivity contribution in [2.45, 2.75) is 6.92 Å². The molecule has 0 radical (unpaired) electrons. The van der Waals surface area contributed by atoms with Gasteiger partial charge < -0.3 is 9.47 Å². The molecule has 0 aliphatic carbocycles. The fourth-order valence-corrected chi connectivity index (χ4v) is 1.72. The lowest BCUT2D eigenvalue weighted by Crippen LogP contribution is -2.03. The Morgan fingerprint density at radius 3 is 2.47 bits per heavy atom. The van der Waals surface area contributed by atoms with Gasteiger partial charge in [-0.2, -0.15) is 0 Å². The average molecular weight is 277 g/mol. The van der Waals surface area contributed by atoms with Gasteiger partial charge >= 0.3 is 5.97 Å². The Labute approximate surface area is 116 Å². The molecule has 0 atom stereocenters. The molecule has 98 valence electrons. The van der Waals surface area contributed by atoms with Gasteiger partial charge in [-0.15, -0.1) is 0 Å². The number of rotatable bonds is 4. The predicted molar refractivity (Wildman–Crippen MR) is 73.9 cm³/mol. The molecule has 2 aromatic rings. The Morgan fingerprint density at radius 2 is 1.84 bits per heavy atom. The SMILES string of the molecule is CCOC(=O)c1ccc(Oc2cccc(Cl)c2)cc1. The highest BCUT2D eigenvalue weighted by atomic mass is 35.5. The van der Waals surface area contributed by atoms with Crippen molar-refractivity contribution in [2.24, 2.45) is 0 Å². The maximum atomic E-state index is 11.5. The standard InChI is InChI=1S/C15H13ClO3/c1-2-18-15(17)11-6-8-13(9-7-11)19-14-5-3-4-12(16)10-14/h3-10H,2H2,1H3. The van der Waals surface area contributed by atoms with E-state index in [9.17, 15) is 4.79 Å². The molecule has 0 unspecified atom stereocenters. The molecule has 0 saturated heterocycles. The highest BCUT2D eigenvalue weighted by Crippen LogP contribution is 2.24. The van der Waals surface area contributed by atoms with E-state index in [-0.39, 0.29) is 5.97 Å². The minimum absolute atomic E-state index is 0.336. The van der Waals surface area contributed by atoms with E-state index < -0.39 is 0 Å². The summed E-state index contributed by atoms with van der Waals surface area (Å²) in [5.41, 5.74) is 0.500. The zero-order valence-corrected chi connectivity index (χ0v) is 11.2. The van der Waals surface area contributed by atoms with Gasteiger partial charge in [-0.25, -0.2) is 4.79 Å². The van der Waals surface area contributed by atoms with Gasteiger partial charge in [0.25, 0.3) is 0 Å². The third kappa shape index (κ3) is 3.73. The van der Waals surface area contributed by atoms with Crippen LogP contribution < -0.4 is 4.74 Å². The highest BCUT2D eigenvalue weighted by molar-refractivity contribution is 6.30. The third-order valence-electron chi connectivity index (χ3n) is 2.40. The van der Waals surface area contributed by atoms with Gasteiger partial charge in [-0.3, -0.25) is 0 Å². The second-order valence-corrected chi connectivity index (χ2v) is 4.24. The number of carbonyl (C=O) groups is 1. The zero-order chi connectivity index (χ0) is 13.7. The first kappa shape index (κ1) is 13.4. The first-order valence-electron chi connectivity index (χ1n) is 5.89. The van der Waals surface area contributed by atoms with E-state index in [0.29, 0.717) is 28.7 Å². The van der Waals surface area contributed by atoms with Crippen LogP contribution in [0.25, 0.3) is 0 Å². The van der Waals surface area contributed by atoms with E-state index in [1.165, 1.54) is 0 Å². The molecule has 0 heterocycles. The normalized spacial score (nSPS) is 10.0. The Kier molecular flexibility index (Phi) is 4.42. The summed E-state index contributed by atoms with van der Waals surface area (Å²) in [5.74, 6) is 0.948. The van der Waals surface area contributed by atoms with Crippen molar-refractivity contribution in [1.29, 1.82) is 0 Å². The van der Waals surface area contributed by atoms with E-state index in [1.54, 1.807) is 43.3 Å². The molecule has 0 fully saturated rings. The van der Waals surface area contributed by atoms with Crippen LogP contribution in [0.15, 0.2) is 48.5 Å². The number of esters is 1. The van der Waals surface area contributed by atoms with Crippen molar-refractivity contribution in [2.75, 3.05) is 6.61 Å². The lowest BCUT2D eigenvalue weighted by Gasteiger charge is -2.07. The minimum Gasteiger partial charge on any atom is -0.462 e. The largest absolute Gasteiger partial charge is 0.462 e. The molecule has 0 aromatic heterocycles. The summed E-state index contributed by atoms with van der Waals surface area (Å²) >= 11 is 5.87. The molecule has 0 saturated carbocycles. The second kappa shape index (κ2) is 6.25. The van der Waals surface area contributed by atoms with Gasteiger partial charge in [0.1, 0.15) is 11.5 Å². The summed E-state index contributed by atoms with van der Waals surface area (Å²) in [6, 6.07) is 13.9. The fourth-order valence-electron chi connectivity index (χ4n) is 1.54. The molecule has 0 aliphatic heterocycles. The number of carbonyl (C=O) groups excluding carboxylic acids is 1. The van der Waals surface area contributed by atoms with Crippen molar-refractivity contribution in [3.8, 4) is 11.5 Å². The molecule has 0 aliphatic rings. The summed E-state index contributed by atoms with van der Waals surface area (Å²) in [4.78, 5) is 11.5. The summed E-state index contributed by atoms with van der Waals surface area (Å²) < 4.78 is 10.5. The highest BCUT2D eigenvalue weighted by Gasteiger charge is 2.06. The molecule has 0 spiro atoms. The second-order valence-electron chi connectivity index (χ2n) is 3.80. The quantitative estimate of drug-likeness (QED) is 0.781. The van der Waals surface area contributed by atoms with Gasteiger partial charge in [0.05, 0.1) is 12.2 Å². The predicted octanol–water partition coefficient (Wildman–Crippen LogP) is 4.31. The Balaban J connectivity index is 2.08. The summed E-state index contributed by atoms with van der Waals surface area (Å²) in [6.45, 7) is 2.13. The zero-order valence-electron chi connectivity index (χ0n) is 10.4. The van der Waals surface area contributed by atoms with Gasteiger partial charge in [-0.1, -0.05) is 17.7 Å². The molecule has 4 heteroatoms. The number of benzene rings is 2. The molecule has 2 aromatic carbocycles. The van der Waals surface area contributed by atoms with Crippen LogP contribution in [0.3, 0.4) is 0 Å². The fraction of sp³-hybridized carbons (Fsp3) is 0.133. The summed E-state index contributed by atoms with van der Waals surface area (Å²) in [6.07, 6.45) is 0. The monoisotopic (exact) mass is 276 g/mol. The van der Waals surface area contributed by atoms with Gasteiger partial charge in [-0.05, 0) is 49.4 Å². The van der Waals surface area contributed by atoms with Gasteiger partial charge in [0.2, 0.25) is 0 Å². The molecular weight excluding hydrogens is 264 g/mol. The molecule has 3 nitrogen and oxygen atoms in total. The maximum absolute atomic E-state index is 11.5. The van der Waals surface area contributed by atoms with Crippen LogP contribution in [0.4, 0.5) is 0 Å². The smallest absolute Gasteiger partial charge is 0.338 e. The van der Waals surface area contributed by atoms with Gasteiger partial charge in [0.15, 0.2) is 0 Å². The first-order valence-corrected chi connectivity index (χ1v) is 6.27.